The molecule has 3 nitrogen and oxygen atoms in total. The molecule has 1 atom stereocenters. The number of rotatable bonds is 4. The van der Waals surface area contributed by atoms with E-state index in [0.717, 1.165) is 17.7 Å². The first kappa shape index (κ1) is 13.7. The maximum absolute atomic E-state index is 12.8. The van der Waals surface area contributed by atoms with Crippen molar-refractivity contribution in [1.82, 2.24) is 9.97 Å². The molecule has 5 heteroatoms. The van der Waals surface area contributed by atoms with Gasteiger partial charge in [0.1, 0.15) is 11.6 Å². The average molecular weight is 280 g/mol. The molecule has 0 fully saturated rings. The summed E-state index contributed by atoms with van der Waals surface area (Å²) in [5, 5.41) is 3.49. The number of halogens is 2. The van der Waals surface area contributed by atoms with Gasteiger partial charge in [0.05, 0.1) is 0 Å². The fourth-order valence-corrected chi connectivity index (χ4v) is 2.11. The van der Waals surface area contributed by atoms with Gasteiger partial charge in [0.15, 0.2) is 0 Å². The molecular weight excluding hydrogens is 265 g/mol. The molecule has 0 radical (unpaired) electrons. The Kier molecular flexibility index (Phi) is 4.32. The van der Waals surface area contributed by atoms with Crippen LogP contribution < -0.4 is 5.32 Å². The molecular formula is C14H15ClFN3. The summed E-state index contributed by atoms with van der Waals surface area (Å²) in [4.78, 5) is 8.12. The lowest BCUT2D eigenvalue weighted by Gasteiger charge is -2.15. The van der Waals surface area contributed by atoms with Crippen molar-refractivity contribution in [3.8, 4) is 0 Å². The zero-order valence-electron chi connectivity index (χ0n) is 10.8. The molecule has 2 rings (SSSR count). The van der Waals surface area contributed by atoms with Crippen LogP contribution in [0.25, 0.3) is 0 Å². The van der Waals surface area contributed by atoms with Crippen LogP contribution in [-0.4, -0.2) is 16.0 Å². The van der Waals surface area contributed by atoms with E-state index in [9.17, 15) is 4.39 Å². The summed E-state index contributed by atoms with van der Waals surface area (Å²) >= 11 is 5.81. The van der Waals surface area contributed by atoms with E-state index in [1.807, 2.05) is 19.9 Å². The zero-order chi connectivity index (χ0) is 13.8. The number of nitrogens with one attached hydrogen (secondary N) is 1. The van der Waals surface area contributed by atoms with Crippen LogP contribution in [-0.2, 0) is 6.42 Å². The van der Waals surface area contributed by atoms with E-state index in [4.69, 9.17) is 11.6 Å². The number of hydrogen-bond donors (Lipinski definition) is 1. The lowest BCUT2D eigenvalue weighted by molar-refractivity contribution is 0.626. The summed E-state index contributed by atoms with van der Waals surface area (Å²) in [5.41, 5.74) is 1.88. The number of nitrogens with zero attached hydrogens (tertiary/aromatic N) is 2. The smallest absolute Gasteiger partial charge is 0.224 e. The molecule has 1 N–H and O–H groups in total. The highest BCUT2D eigenvalue weighted by Crippen LogP contribution is 2.13. The average Bonchev–Trinajstić information content (AvgIpc) is 2.30. The summed E-state index contributed by atoms with van der Waals surface area (Å²) < 4.78 is 12.8. The van der Waals surface area contributed by atoms with Crippen molar-refractivity contribution in [1.29, 1.82) is 0 Å². The quantitative estimate of drug-likeness (QED) is 0.869. The third-order valence-corrected chi connectivity index (χ3v) is 2.85. The molecule has 0 aliphatic carbocycles. The van der Waals surface area contributed by atoms with E-state index in [1.165, 1.54) is 12.1 Å². The van der Waals surface area contributed by atoms with Gasteiger partial charge in [0.2, 0.25) is 5.28 Å². The normalized spacial score (nSPS) is 12.2. The van der Waals surface area contributed by atoms with E-state index < -0.39 is 0 Å². The molecule has 1 aromatic carbocycles. The number of benzene rings is 1. The molecule has 0 spiro atoms. The molecule has 19 heavy (non-hydrogen) atoms. The highest BCUT2D eigenvalue weighted by molar-refractivity contribution is 6.28. The van der Waals surface area contributed by atoms with Crippen LogP contribution in [0.2, 0.25) is 5.28 Å². The van der Waals surface area contributed by atoms with Gasteiger partial charge in [-0.3, -0.25) is 0 Å². The van der Waals surface area contributed by atoms with Crippen LogP contribution >= 0.6 is 11.6 Å². The Hall–Kier alpha value is -1.68. The Morgan fingerprint density at radius 1 is 1.26 bits per heavy atom. The summed E-state index contributed by atoms with van der Waals surface area (Å²) in [5.74, 6) is 0.481. The van der Waals surface area contributed by atoms with Crippen molar-refractivity contribution in [2.75, 3.05) is 5.32 Å². The highest BCUT2D eigenvalue weighted by Gasteiger charge is 2.06. The van der Waals surface area contributed by atoms with E-state index in [0.29, 0.717) is 5.82 Å². The minimum absolute atomic E-state index is 0.163. The zero-order valence-corrected chi connectivity index (χ0v) is 11.6. The second-order valence-corrected chi connectivity index (χ2v) is 4.88. The van der Waals surface area contributed by atoms with Gasteiger partial charge in [0, 0.05) is 17.8 Å². The molecule has 0 amide bonds. The van der Waals surface area contributed by atoms with Crippen molar-refractivity contribution in [3.63, 3.8) is 0 Å². The number of aromatic nitrogens is 2. The summed E-state index contributed by atoms with van der Waals surface area (Å²) in [6, 6.07) is 8.50. The Labute approximate surface area is 116 Å². The van der Waals surface area contributed by atoms with Gasteiger partial charge in [0.25, 0.3) is 0 Å². The van der Waals surface area contributed by atoms with Gasteiger partial charge < -0.3 is 5.32 Å². The van der Waals surface area contributed by atoms with Gasteiger partial charge >= 0.3 is 0 Å². The van der Waals surface area contributed by atoms with Gasteiger partial charge in [-0.1, -0.05) is 12.1 Å². The van der Waals surface area contributed by atoms with Gasteiger partial charge in [-0.05, 0) is 49.6 Å². The number of hydrogen-bond acceptors (Lipinski definition) is 3. The van der Waals surface area contributed by atoms with E-state index >= 15 is 0 Å². The third kappa shape index (κ3) is 4.17. The van der Waals surface area contributed by atoms with Crippen LogP contribution in [0.5, 0.6) is 0 Å². The molecule has 0 saturated carbocycles. The lowest BCUT2D eigenvalue weighted by Crippen LogP contribution is -2.19. The first-order chi connectivity index (χ1) is 9.02. The SMILES string of the molecule is Cc1cc(NC(C)Cc2ccc(F)cc2)nc(Cl)n1. The van der Waals surface area contributed by atoms with Crippen LogP contribution in [0.1, 0.15) is 18.2 Å². The molecule has 0 saturated heterocycles. The van der Waals surface area contributed by atoms with E-state index in [2.05, 4.69) is 15.3 Å². The summed E-state index contributed by atoms with van der Waals surface area (Å²) in [6.07, 6.45) is 0.779. The molecule has 1 aromatic heterocycles. The van der Waals surface area contributed by atoms with Crippen LogP contribution in [0, 0.1) is 12.7 Å². The molecule has 1 heterocycles. The molecule has 1 unspecified atom stereocenters. The Morgan fingerprint density at radius 3 is 2.58 bits per heavy atom. The van der Waals surface area contributed by atoms with Gasteiger partial charge in [-0.15, -0.1) is 0 Å². The maximum atomic E-state index is 12.8. The summed E-state index contributed by atoms with van der Waals surface area (Å²) in [7, 11) is 0. The third-order valence-electron chi connectivity index (χ3n) is 2.68. The monoisotopic (exact) mass is 279 g/mol. The summed E-state index contributed by atoms with van der Waals surface area (Å²) in [6.45, 7) is 3.90. The number of anilines is 1. The van der Waals surface area contributed by atoms with Crippen LogP contribution in [0.3, 0.4) is 0 Å². The highest BCUT2D eigenvalue weighted by atomic mass is 35.5. The van der Waals surface area contributed by atoms with Crippen molar-refractivity contribution >= 4 is 17.4 Å². The fourth-order valence-electron chi connectivity index (χ4n) is 1.88. The minimum Gasteiger partial charge on any atom is -0.367 e. The predicted molar refractivity (Wildman–Crippen MR) is 75.0 cm³/mol. The fraction of sp³-hybridized carbons (Fsp3) is 0.286. The van der Waals surface area contributed by atoms with Crippen molar-refractivity contribution in [2.24, 2.45) is 0 Å². The largest absolute Gasteiger partial charge is 0.367 e. The van der Waals surface area contributed by atoms with Gasteiger partial charge in [-0.2, -0.15) is 0 Å². The van der Waals surface area contributed by atoms with Crippen molar-refractivity contribution < 1.29 is 4.39 Å². The predicted octanol–water partition coefficient (Wildman–Crippen LogP) is 3.62. The topological polar surface area (TPSA) is 37.8 Å². The first-order valence-electron chi connectivity index (χ1n) is 6.05. The second kappa shape index (κ2) is 5.97. The Balaban J connectivity index is 2.00. The standard InChI is InChI=1S/C14H15ClFN3/c1-9(7-11-3-5-12(16)6-4-11)17-13-8-10(2)18-14(15)19-13/h3-6,8-9H,7H2,1-2H3,(H,17,18,19). The molecule has 0 bridgehead atoms. The molecule has 0 aliphatic rings. The van der Waals surface area contributed by atoms with Crippen molar-refractivity contribution in [2.45, 2.75) is 26.3 Å². The van der Waals surface area contributed by atoms with Crippen molar-refractivity contribution in [3.05, 3.63) is 52.7 Å². The van der Waals surface area contributed by atoms with E-state index in [-0.39, 0.29) is 17.1 Å². The van der Waals surface area contributed by atoms with Gasteiger partial charge in [-0.25, -0.2) is 14.4 Å². The van der Waals surface area contributed by atoms with Crippen LogP contribution in [0.15, 0.2) is 30.3 Å². The molecule has 100 valence electrons. The molecule has 0 aliphatic heterocycles. The number of aryl methyl sites for hydroxylation is 1. The van der Waals surface area contributed by atoms with Crippen LogP contribution in [0.4, 0.5) is 10.2 Å². The first-order valence-corrected chi connectivity index (χ1v) is 6.43. The maximum Gasteiger partial charge on any atom is 0.224 e. The lowest BCUT2D eigenvalue weighted by atomic mass is 10.1. The van der Waals surface area contributed by atoms with E-state index in [1.54, 1.807) is 12.1 Å². The Morgan fingerprint density at radius 2 is 1.95 bits per heavy atom. The second-order valence-electron chi connectivity index (χ2n) is 4.54. The Bertz CT molecular complexity index is 537. The minimum atomic E-state index is -0.220. The molecule has 2 aromatic rings.